The molecule has 2 aliphatic rings. The van der Waals surface area contributed by atoms with Crippen molar-refractivity contribution < 1.29 is 19.4 Å². The molecular formula is C29H28O4. The standard InChI is InChI=1S/C29H28O4/c30-25(22-11-4-1-5-12-22)18-20-27-21-28(23-13-6-2-7-14-23,24-15-8-3-9-16-24)33-29(27,32)19-10-17-26(27)31/h1-9,11-16,32H,10,17-21H2. The minimum atomic E-state index is -1.62. The number of benzene rings is 3. The predicted molar refractivity (Wildman–Crippen MR) is 126 cm³/mol. The van der Waals surface area contributed by atoms with E-state index in [-0.39, 0.29) is 24.4 Å². The first-order valence-corrected chi connectivity index (χ1v) is 11.6. The van der Waals surface area contributed by atoms with Crippen LogP contribution in [0.5, 0.6) is 0 Å². The molecule has 1 N–H and O–H groups in total. The summed E-state index contributed by atoms with van der Waals surface area (Å²) < 4.78 is 6.65. The second-order valence-electron chi connectivity index (χ2n) is 9.27. The second kappa shape index (κ2) is 8.36. The molecule has 2 atom stereocenters. The maximum Gasteiger partial charge on any atom is 0.179 e. The summed E-state index contributed by atoms with van der Waals surface area (Å²) in [6, 6.07) is 28.7. The van der Waals surface area contributed by atoms with Gasteiger partial charge in [-0.15, -0.1) is 0 Å². The fourth-order valence-corrected chi connectivity index (χ4v) is 5.74. The van der Waals surface area contributed by atoms with Crippen LogP contribution in [0.4, 0.5) is 0 Å². The molecule has 168 valence electrons. The first-order valence-electron chi connectivity index (χ1n) is 11.6. The van der Waals surface area contributed by atoms with Gasteiger partial charge in [0.15, 0.2) is 11.6 Å². The van der Waals surface area contributed by atoms with Crippen molar-refractivity contribution in [3.05, 3.63) is 108 Å². The number of carbonyl (C=O) groups is 2. The Balaban J connectivity index is 1.58. The van der Waals surface area contributed by atoms with Crippen molar-refractivity contribution in [3.63, 3.8) is 0 Å². The average molecular weight is 441 g/mol. The predicted octanol–water partition coefficient (Wildman–Crippen LogP) is 5.44. The maximum atomic E-state index is 13.6. The summed E-state index contributed by atoms with van der Waals surface area (Å²) in [5, 5.41) is 11.9. The van der Waals surface area contributed by atoms with E-state index in [2.05, 4.69) is 0 Å². The van der Waals surface area contributed by atoms with E-state index in [9.17, 15) is 14.7 Å². The molecule has 0 spiro atoms. The highest BCUT2D eigenvalue weighted by Crippen LogP contribution is 2.63. The van der Waals surface area contributed by atoms with Gasteiger partial charge in [0.05, 0.1) is 5.41 Å². The van der Waals surface area contributed by atoms with Crippen LogP contribution in [0.15, 0.2) is 91.0 Å². The Bertz CT molecular complexity index is 1100. The van der Waals surface area contributed by atoms with Gasteiger partial charge in [0.1, 0.15) is 11.4 Å². The number of hydrogen-bond acceptors (Lipinski definition) is 4. The molecule has 4 heteroatoms. The summed E-state index contributed by atoms with van der Waals surface area (Å²) in [7, 11) is 0. The van der Waals surface area contributed by atoms with Crippen molar-refractivity contribution in [1.82, 2.24) is 0 Å². The number of ether oxygens (including phenoxy) is 1. The van der Waals surface area contributed by atoms with E-state index in [0.29, 0.717) is 31.2 Å². The zero-order valence-electron chi connectivity index (χ0n) is 18.6. The summed E-state index contributed by atoms with van der Waals surface area (Å²) >= 11 is 0. The third kappa shape index (κ3) is 3.54. The Morgan fingerprint density at radius 3 is 1.97 bits per heavy atom. The first-order chi connectivity index (χ1) is 16.0. The van der Waals surface area contributed by atoms with Gasteiger partial charge in [0.25, 0.3) is 0 Å². The zero-order valence-corrected chi connectivity index (χ0v) is 18.6. The summed E-state index contributed by atoms with van der Waals surface area (Å²) in [5.74, 6) is -1.65. The van der Waals surface area contributed by atoms with Crippen molar-refractivity contribution in [2.75, 3.05) is 0 Å². The number of hydrogen-bond donors (Lipinski definition) is 1. The SMILES string of the molecule is O=C(CCC12CC(c3ccccc3)(c3ccccc3)OC1(O)CCCC2=O)c1ccccc1. The van der Waals surface area contributed by atoms with E-state index >= 15 is 0 Å². The molecule has 33 heavy (non-hydrogen) atoms. The Kier molecular flexibility index (Phi) is 5.51. The van der Waals surface area contributed by atoms with Gasteiger partial charge in [-0.3, -0.25) is 9.59 Å². The van der Waals surface area contributed by atoms with Gasteiger partial charge in [-0.2, -0.15) is 0 Å². The molecule has 2 unspecified atom stereocenters. The minimum absolute atomic E-state index is 0.00847. The van der Waals surface area contributed by atoms with Crippen LogP contribution < -0.4 is 0 Å². The highest BCUT2D eigenvalue weighted by atomic mass is 16.6. The molecule has 3 aromatic carbocycles. The minimum Gasteiger partial charge on any atom is -0.365 e. The van der Waals surface area contributed by atoms with Gasteiger partial charge >= 0.3 is 0 Å². The molecule has 0 radical (unpaired) electrons. The molecule has 1 saturated heterocycles. The van der Waals surface area contributed by atoms with Crippen LogP contribution in [0.1, 0.15) is 60.0 Å². The molecule has 1 heterocycles. The molecule has 5 rings (SSSR count). The van der Waals surface area contributed by atoms with Gasteiger partial charge in [0, 0.05) is 31.2 Å². The quantitative estimate of drug-likeness (QED) is 0.518. The Morgan fingerprint density at radius 2 is 1.39 bits per heavy atom. The molecule has 0 amide bonds. The highest BCUT2D eigenvalue weighted by molar-refractivity contribution is 5.96. The third-order valence-corrected chi connectivity index (χ3v) is 7.45. The van der Waals surface area contributed by atoms with Gasteiger partial charge in [-0.05, 0) is 24.0 Å². The Hall–Kier alpha value is -3.08. The number of ketones is 2. The lowest BCUT2D eigenvalue weighted by Crippen LogP contribution is -2.53. The van der Waals surface area contributed by atoms with E-state index in [1.165, 1.54) is 0 Å². The molecular weight excluding hydrogens is 412 g/mol. The summed E-state index contributed by atoms with van der Waals surface area (Å²) in [4.78, 5) is 26.5. The van der Waals surface area contributed by atoms with Crippen molar-refractivity contribution in [3.8, 4) is 0 Å². The molecule has 2 fully saturated rings. The van der Waals surface area contributed by atoms with E-state index in [1.54, 1.807) is 12.1 Å². The number of aliphatic hydroxyl groups is 1. The lowest BCUT2D eigenvalue weighted by molar-refractivity contribution is -0.261. The average Bonchev–Trinajstić information content (AvgIpc) is 3.16. The van der Waals surface area contributed by atoms with Gasteiger partial charge < -0.3 is 9.84 Å². The lowest BCUT2D eigenvalue weighted by Gasteiger charge is -2.42. The fourth-order valence-electron chi connectivity index (χ4n) is 5.74. The zero-order chi connectivity index (χ0) is 22.9. The van der Waals surface area contributed by atoms with Crippen molar-refractivity contribution in [2.45, 2.75) is 49.9 Å². The highest BCUT2D eigenvalue weighted by Gasteiger charge is 2.69. The van der Waals surface area contributed by atoms with Crippen molar-refractivity contribution >= 4 is 11.6 Å². The van der Waals surface area contributed by atoms with Crippen LogP contribution >= 0.6 is 0 Å². The number of fused-ring (bicyclic) bond motifs is 1. The first kappa shape index (κ1) is 21.7. The molecule has 1 aliphatic carbocycles. The van der Waals surface area contributed by atoms with E-state index < -0.39 is 16.8 Å². The summed E-state index contributed by atoms with van der Waals surface area (Å²) in [6.07, 6.45) is 2.10. The third-order valence-electron chi connectivity index (χ3n) is 7.45. The van der Waals surface area contributed by atoms with Crippen molar-refractivity contribution in [2.24, 2.45) is 5.41 Å². The monoisotopic (exact) mass is 440 g/mol. The van der Waals surface area contributed by atoms with Gasteiger partial charge in [-0.25, -0.2) is 0 Å². The smallest absolute Gasteiger partial charge is 0.179 e. The molecule has 4 nitrogen and oxygen atoms in total. The molecule has 1 aliphatic heterocycles. The maximum absolute atomic E-state index is 13.6. The van der Waals surface area contributed by atoms with Gasteiger partial charge in [-0.1, -0.05) is 91.0 Å². The lowest BCUT2D eigenvalue weighted by atomic mass is 9.62. The largest absolute Gasteiger partial charge is 0.365 e. The number of Topliss-reactive ketones (excluding diaryl/α,β-unsaturated/α-hetero) is 2. The van der Waals surface area contributed by atoms with Crippen LogP contribution in [-0.2, 0) is 15.1 Å². The van der Waals surface area contributed by atoms with E-state index in [0.717, 1.165) is 11.1 Å². The van der Waals surface area contributed by atoms with Crippen molar-refractivity contribution in [1.29, 1.82) is 0 Å². The summed E-state index contributed by atoms with van der Waals surface area (Å²) in [5.41, 5.74) is 0.326. The van der Waals surface area contributed by atoms with Crippen LogP contribution in [0.25, 0.3) is 0 Å². The second-order valence-corrected chi connectivity index (χ2v) is 9.27. The Labute approximate surface area is 194 Å². The molecule has 1 saturated carbocycles. The Morgan fingerprint density at radius 1 is 0.848 bits per heavy atom. The fraction of sp³-hybridized carbons (Fsp3) is 0.310. The van der Waals surface area contributed by atoms with Gasteiger partial charge in [0.2, 0.25) is 0 Å². The number of rotatable bonds is 6. The summed E-state index contributed by atoms with van der Waals surface area (Å²) in [6.45, 7) is 0. The molecule has 3 aromatic rings. The van der Waals surface area contributed by atoms with Crippen LogP contribution in [0, 0.1) is 5.41 Å². The van der Waals surface area contributed by atoms with Crippen LogP contribution in [0.2, 0.25) is 0 Å². The topological polar surface area (TPSA) is 63.6 Å². The molecule has 0 aromatic heterocycles. The number of carbonyl (C=O) groups excluding carboxylic acids is 2. The normalized spacial score (nSPS) is 26.0. The van der Waals surface area contributed by atoms with Crippen LogP contribution in [0.3, 0.4) is 0 Å². The van der Waals surface area contributed by atoms with E-state index in [1.807, 2.05) is 78.9 Å². The molecule has 0 bridgehead atoms. The van der Waals surface area contributed by atoms with Crippen LogP contribution in [-0.4, -0.2) is 22.5 Å². The van der Waals surface area contributed by atoms with E-state index in [4.69, 9.17) is 4.74 Å².